The van der Waals surface area contributed by atoms with E-state index >= 15 is 0 Å². The van der Waals surface area contributed by atoms with Gasteiger partial charge < -0.3 is 9.09 Å². The van der Waals surface area contributed by atoms with E-state index in [1.54, 1.807) is 6.92 Å². The third kappa shape index (κ3) is 2.47. The molecule has 2 aliphatic rings. The van der Waals surface area contributed by atoms with E-state index in [1.807, 2.05) is 22.8 Å². The van der Waals surface area contributed by atoms with Crippen molar-refractivity contribution in [3.05, 3.63) is 40.1 Å². The van der Waals surface area contributed by atoms with Gasteiger partial charge >= 0.3 is 0 Å². The third-order valence-corrected chi connectivity index (χ3v) is 5.90. The van der Waals surface area contributed by atoms with Crippen LogP contribution in [-0.4, -0.2) is 19.7 Å². The molecule has 0 bridgehead atoms. The van der Waals surface area contributed by atoms with Crippen molar-refractivity contribution in [2.45, 2.75) is 63.8 Å². The SMILES string of the molecule is Cc1nc2cc(-c3noc(C4CCC4)n3)ccc2n(C2CCCC2)c1=O. The minimum absolute atomic E-state index is 0.0315. The van der Waals surface area contributed by atoms with Crippen LogP contribution in [0.4, 0.5) is 0 Å². The van der Waals surface area contributed by atoms with E-state index in [0.717, 1.165) is 48.2 Å². The number of rotatable bonds is 3. The smallest absolute Gasteiger partial charge is 0.272 e. The lowest BCUT2D eigenvalue weighted by molar-refractivity contribution is 0.292. The monoisotopic (exact) mass is 350 g/mol. The zero-order valence-electron chi connectivity index (χ0n) is 14.9. The summed E-state index contributed by atoms with van der Waals surface area (Å²) in [7, 11) is 0. The summed E-state index contributed by atoms with van der Waals surface area (Å²) in [6.45, 7) is 1.79. The summed E-state index contributed by atoms with van der Waals surface area (Å²) in [6, 6.07) is 6.21. The van der Waals surface area contributed by atoms with Crippen LogP contribution >= 0.6 is 0 Å². The number of hydrogen-bond acceptors (Lipinski definition) is 5. The summed E-state index contributed by atoms with van der Waals surface area (Å²) < 4.78 is 7.40. The first-order valence-corrected chi connectivity index (χ1v) is 9.57. The van der Waals surface area contributed by atoms with Crippen molar-refractivity contribution in [3.63, 3.8) is 0 Å². The summed E-state index contributed by atoms with van der Waals surface area (Å²) >= 11 is 0. The van der Waals surface area contributed by atoms with E-state index in [1.165, 1.54) is 19.3 Å². The molecule has 6 nitrogen and oxygen atoms in total. The van der Waals surface area contributed by atoms with Gasteiger partial charge in [-0.3, -0.25) is 4.79 Å². The second-order valence-corrected chi connectivity index (χ2v) is 7.60. The van der Waals surface area contributed by atoms with Gasteiger partial charge in [0.1, 0.15) is 5.69 Å². The molecule has 3 aromatic rings. The second kappa shape index (κ2) is 6.04. The van der Waals surface area contributed by atoms with Crippen LogP contribution in [-0.2, 0) is 0 Å². The first-order chi connectivity index (χ1) is 12.7. The first-order valence-electron chi connectivity index (χ1n) is 9.57. The molecule has 0 radical (unpaired) electrons. The molecule has 0 amide bonds. The highest BCUT2D eigenvalue weighted by atomic mass is 16.5. The van der Waals surface area contributed by atoms with E-state index in [4.69, 9.17) is 4.52 Å². The summed E-state index contributed by atoms with van der Waals surface area (Å²) in [5, 5.41) is 4.15. The molecular formula is C20H22N4O2. The van der Waals surface area contributed by atoms with E-state index in [9.17, 15) is 4.79 Å². The molecule has 5 rings (SSSR count). The molecule has 26 heavy (non-hydrogen) atoms. The number of aryl methyl sites for hydroxylation is 1. The van der Waals surface area contributed by atoms with Gasteiger partial charge in [0.2, 0.25) is 11.7 Å². The van der Waals surface area contributed by atoms with Crippen LogP contribution in [0.2, 0.25) is 0 Å². The predicted octanol–water partition coefficient (Wildman–Crippen LogP) is 4.14. The van der Waals surface area contributed by atoms with Crippen LogP contribution in [0.15, 0.2) is 27.5 Å². The highest BCUT2D eigenvalue weighted by Crippen LogP contribution is 2.36. The average Bonchev–Trinajstić information content (AvgIpc) is 3.26. The van der Waals surface area contributed by atoms with Crippen molar-refractivity contribution < 1.29 is 4.52 Å². The Labute approximate surface area is 151 Å². The van der Waals surface area contributed by atoms with Crippen LogP contribution in [0, 0.1) is 6.92 Å². The summed E-state index contributed by atoms with van der Waals surface area (Å²) in [5.74, 6) is 1.77. The molecule has 134 valence electrons. The second-order valence-electron chi connectivity index (χ2n) is 7.60. The standard InChI is InChI=1S/C20H22N4O2/c1-12-20(25)24(15-7-2-3-8-15)17-10-9-14(11-16(17)21-12)18-22-19(26-23-18)13-5-4-6-13/h9-11,13,15H,2-8H2,1H3. The molecule has 2 fully saturated rings. The minimum atomic E-state index is 0.0315. The Bertz CT molecular complexity index is 1030. The molecule has 0 unspecified atom stereocenters. The van der Waals surface area contributed by atoms with E-state index < -0.39 is 0 Å². The molecule has 6 heteroatoms. The highest BCUT2D eigenvalue weighted by Gasteiger charge is 2.26. The molecule has 0 aliphatic heterocycles. The van der Waals surface area contributed by atoms with Gasteiger partial charge in [0, 0.05) is 17.5 Å². The van der Waals surface area contributed by atoms with Crippen LogP contribution in [0.3, 0.4) is 0 Å². The number of hydrogen-bond donors (Lipinski definition) is 0. The molecule has 0 spiro atoms. The average molecular weight is 350 g/mol. The Morgan fingerprint density at radius 3 is 2.62 bits per heavy atom. The Balaban J connectivity index is 1.60. The van der Waals surface area contributed by atoms with Crippen LogP contribution in [0.25, 0.3) is 22.4 Å². The highest BCUT2D eigenvalue weighted by molar-refractivity contribution is 5.80. The van der Waals surface area contributed by atoms with Gasteiger partial charge in [0.05, 0.1) is 11.0 Å². The van der Waals surface area contributed by atoms with Gasteiger partial charge in [0.15, 0.2) is 0 Å². The molecule has 2 aromatic heterocycles. The molecule has 1 aromatic carbocycles. The molecule has 0 N–H and O–H groups in total. The van der Waals surface area contributed by atoms with Crippen molar-refractivity contribution in [2.75, 3.05) is 0 Å². The number of nitrogens with zero attached hydrogens (tertiary/aromatic N) is 4. The van der Waals surface area contributed by atoms with Crippen molar-refractivity contribution in [1.29, 1.82) is 0 Å². The maximum absolute atomic E-state index is 12.7. The van der Waals surface area contributed by atoms with Gasteiger partial charge in [-0.25, -0.2) is 4.98 Å². The van der Waals surface area contributed by atoms with Crippen molar-refractivity contribution >= 4 is 11.0 Å². The molecular weight excluding hydrogens is 328 g/mol. The molecule has 2 aliphatic carbocycles. The van der Waals surface area contributed by atoms with Gasteiger partial charge in [0.25, 0.3) is 5.56 Å². The Morgan fingerprint density at radius 1 is 1.08 bits per heavy atom. The lowest BCUT2D eigenvalue weighted by Crippen LogP contribution is -2.26. The number of fused-ring (bicyclic) bond motifs is 1. The van der Waals surface area contributed by atoms with E-state index in [-0.39, 0.29) is 11.6 Å². The Morgan fingerprint density at radius 2 is 1.88 bits per heavy atom. The van der Waals surface area contributed by atoms with Gasteiger partial charge in [-0.2, -0.15) is 4.98 Å². The first kappa shape index (κ1) is 15.7. The fourth-order valence-electron chi connectivity index (χ4n) is 4.17. The Hall–Kier alpha value is -2.50. The molecule has 2 heterocycles. The van der Waals surface area contributed by atoms with Gasteiger partial charge in [-0.05, 0) is 50.8 Å². The summed E-state index contributed by atoms with van der Waals surface area (Å²) in [5.41, 5.74) is 3.18. The summed E-state index contributed by atoms with van der Waals surface area (Å²) in [6.07, 6.45) is 8.00. The molecule has 0 atom stereocenters. The van der Waals surface area contributed by atoms with Crippen molar-refractivity contribution in [1.82, 2.24) is 19.7 Å². The minimum Gasteiger partial charge on any atom is -0.339 e. The lowest BCUT2D eigenvalue weighted by atomic mass is 9.85. The maximum Gasteiger partial charge on any atom is 0.272 e. The quantitative estimate of drug-likeness (QED) is 0.710. The van der Waals surface area contributed by atoms with Gasteiger partial charge in [-0.15, -0.1) is 0 Å². The molecule has 0 saturated heterocycles. The van der Waals surface area contributed by atoms with E-state index in [2.05, 4.69) is 15.1 Å². The summed E-state index contributed by atoms with van der Waals surface area (Å²) in [4.78, 5) is 21.8. The van der Waals surface area contributed by atoms with Crippen LogP contribution in [0.5, 0.6) is 0 Å². The largest absolute Gasteiger partial charge is 0.339 e. The zero-order valence-corrected chi connectivity index (χ0v) is 14.9. The van der Waals surface area contributed by atoms with Crippen LogP contribution in [0.1, 0.15) is 68.5 Å². The number of aromatic nitrogens is 4. The zero-order chi connectivity index (χ0) is 17.7. The predicted molar refractivity (Wildman–Crippen MR) is 98.1 cm³/mol. The van der Waals surface area contributed by atoms with Crippen molar-refractivity contribution in [2.24, 2.45) is 0 Å². The van der Waals surface area contributed by atoms with Crippen LogP contribution < -0.4 is 5.56 Å². The van der Waals surface area contributed by atoms with E-state index in [0.29, 0.717) is 17.4 Å². The Kier molecular flexibility index (Phi) is 3.65. The third-order valence-electron chi connectivity index (χ3n) is 5.90. The topological polar surface area (TPSA) is 73.8 Å². The fraction of sp³-hybridized carbons (Fsp3) is 0.500. The van der Waals surface area contributed by atoms with Gasteiger partial charge in [-0.1, -0.05) is 24.4 Å². The van der Waals surface area contributed by atoms with Crippen molar-refractivity contribution in [3.8, 4) is 11.4 Å². The maximum atomic E-state index is 12.7. The fourth-order valence-corrected chi connectivity index (χ4v) is 4.17. The lowest BCUT2D eigenvalue weighted by Gasteiger charge is -2.20. The number of benzene rings is 1. The molecule has 2 saturated carbocycles. The normalized spacial score (nSPS) is 18.5.